The number of hydrogen-bond donors (Lipinski definition) is 0. The Kier molecular flexibility index (Phi) is 4.21. The molecule has 0 spiro atoms. The summed E-state index contributed by atoms with van der Waals surface area (Å²) in [5, 5.41) is 1.69. The fourth-order valence-corrected chi connectivity index (χ4v) is 4.59. The predicted molar refractivity (Wildman–Crippen MR) is 80.9 cm³/mol. The summed E-state index contributed by atoms with van der Waals surface area (Å²) in [6, 6.07) is -0.344. The highest BCUT2D eigenvalue weighted by Gasteiger charge is 2.46. The lowest BCUT2D eigenvalue weighted by Gasteiger charge is -2.36. The van der Waals surface area contributed by atoms with E-state index in [2.05, 4.69) is 4.98 Å². The molecule has 10 heteroatoms. The number of rotatable bonds is 3. The minimum atomic E-state index is -3.52. The van der Waals surface area contributed by atoms with Crippen LogP contribution in [-0.4, -0.2) is 85.3 Å². The minimum absolute atomic E-state index is 0.179. The molecule has 2 fully saturated rings. The zero-order valence-electron chi connectivity index (χ0n) is 12.4. The summed E-state index contributed by atoms with van der Waals surface area (Å²) in [5.41, 5.74) is 2.00. The molecule has 22 heavy (non-hydrogen) atoms. The van der Waals surface area contributed by atoms with Crippen molar-refractivity contribution in [3.05, 3.63) is 16.6 Å². The molecule has 2 aliphatic rings. The van der Waals surface area contributed by atoms with E-state index in [0.29, 0.717) is 31.9 Å². The Labute approximate surface area is 133 Å². The molecule has 122 valence electrons. The van der Waals surface area contributed by atoms with Gasteiger partial charge in [-0.1, -0.05) is 0 Å². The molecule has 0 saturated carbocycles. The number of morpholine rings is 1. The van der Waals surface area contributed by atoms with Gasteiger partial charge in [0.1, 0.15) is 5.69 Å². The van der Waals surface area contributed by atoms with Crippen LogP contribution in [0.5, 0.6) is 0 Å². The largest absolute Gasteiger partial charge is 0.373 e. The van der Waals surface area contributed by atoms with Gasteiger partial charge in [-0.05, 0) is 0 Å². The molecular formula is C12H18N4O4S2. The highest BCUT2D eigenvalue weighted by molar-refractivity contribution is 7.86. The molecule has 1 amide bonds. The number of ether oxygens (including phenoxy) is 1. The van der Waals surface area contributed by atoms with Gasteiger partial charge in [0.15, 0.2) is 0 Å². The third kappa shape index (κ3) is 2.65. The molecule has 2 atom stereocenters. The Balaban J connectivity index is 1.80. The Bertz CT molecular complexity index is 646. The van der Waals surface area contributed by atoms with Gasteiger partial charge in [0.05, 0.1) is 24.3 Å². The molecule has 2 aliphatic heterocycles. The van der Waals surface area contributed by atoms with Crippen molar-refractivity contribution in [3.63, 3.8) is 0 Å². The van der Waals surface area contributed by atoms with E-state index in [1.807, 2.05) is 0 Å². The first-order valence-corrected chi connectivity index (χ1v) is 9.23. The number of thiazole rings is 1. The van der Waals surface area contributed by atoms with E-state index < -0.39 is 10.2 Å². The summed E-state index contributed by atoms with van der Waals surface area (Å²) in [6.45, 7) is 1.36. The molecule has 0 N–H and O–H groups in total. The second-order valence-electron chi connectivity index (χ2n) is 5.46. The maximum atomic E-state index is 12.4. The lowest BCUT2D eigenvalue weighted by Crippen LogP contribution is -2.55. The molecule has 8 nitrogen and oxygen atoms in total. The van der Waals surface area contributed by atoms with Crippen molar-refractivity contribution in [1.29, 1.82) is 0 Å². The number of fused-ring (bicyclic) bond motifs is 1. The average Bonchev–Trinajstić information content (AvgIpc) is 3.14. The van der Waals surface area contributed by atoms with Crippen molar-refractivity contribution in [1.82, 2.24) is 18.5 Å². The normalized spacial score (nSPS) is 26.4. The summed E-state index contributed by atoms with van der Waals surface area (Å²) in [7, 11) is -0.508. The maximum absolute atomic E-state index is 12.4. The predicted octanol–water partition coefficient (Wildman–Crippen LogP) is -0.525. The van der Waals surface area contributed by atoms with E-state index in [9.17, 15) is 13.2 Å². The molecular weight excluding hydrogens is 328 g/mol. The van der Waals surface area contributed by atoms with Gasteiger partial charge >= 0.3 is 0 Å². The molecule has 0 unspecified atom stereocenters. The van der Waals surface area contributed by atoms with Crippen LogP contribution in [-0.2, 0) is 14.9 Å². The van der Waals surface area contributed by atoms with Gasteiger partial charge in [-0.25, -0.2) is 4.98 Å². The second kappa shape index (κ2) is 5.85. The van der Waals surface area contributed by atoms with Crippen LogP contribution in [0.1, 0.15) is 10.5 Å². The molecule has 3 rings (SSSR count). The van der Waals surface area contributed by atoms with Crippen LogP contribution in [0.4, 0.5) is 0 Å². The van der Waals surface area contributed by atoms with Gasteiger partial charge in [-0.15, -0.1) is 11.3 Å². The van der Waals surface area contributed by atoms with Crippen LogP contribution in [0.3, 0.4) is 0 Å². The quantitative estimate of drug-likeness (QED) is 0.735. The fraction of sp³-hybridized carbons (Fsp3) is 0.667. The van der Waals surface area contributed by atoms with Crippen molar-refractivity contribution in [2.75, 3.05) is 40.3 Å². The summed E-state index contributed by atoms with van der Waals surface area (Å²) >= 11 is 1.36. The molecule has 1 aromatic rings. The molecule has 2 saturated heterocycles. The third-order valence-electron chi connectivity index (χ3n) is 3.95. The first-order valence-electron chi connectivity index (χ1n) is 6.89. The number of hydrogen-bond acceptors (Lipinski definition) is 6. The molecule has 0 bridgehead atoms. The van der Waals surface area contributed by atoms with E-state index >= 15 is 0 Å². The van der Waals surface area contributed by atoms with Crippen molar-refractivity contribution >= 4 is 27.5 Å². The standard InChI is InChI=1S/C12H18N4O4S2/c1-14(2)22(18,19)16-3-4-20-11-6-15(5-10(11)16)12(17)9-7-21-8-13-9/h7-8,10-11H,3-6H2,1-2H3/t10-,11+/m0/s1. The van der Waals surface area contributed by atoms with Crippen molar-refractivity contribution < 1.29 is 17.9 Å². The van der Waals surface area contributed by atoms with Crippen LogP contribution in [0.25, 0.3) is 0 Å². The number of carbonyl (C=O) groups is 1. The number of likely N-dealkylation sites (tertiary alicyclic amines) is 1. The first kappa shape index (κ1) is 15.8. The lowest BCUT2D eigenvalue weighted by molar-refractivity contribution is -0.0174. The van der Waals surface area contributed by atoms with E-state index in [4.69, 9.17) is 4.74 Å². The van der Waals surface area contributed by atoms with E-state index in [1.54, 1.807) is 15.8 Å². The van der Waals surface area contributed by atoms with E-state index in [0.717, 1.165) is 0 Å². The van der Waals surface area contributed by atoms with Crippen LogP contribution >= 0.6 is 11.3 Å². The van der Waals surface area contributed by atoms with Crippen molar-refractivity contribution in [3.8, 4) is 0 Å². The fourth-order valence-electron chi connectivity index (χ4n) is 2.80. The average molecular weight is 346 g/mol. The molecule has 1 aromatic heterocycles. The van der Waals surface area contributed by atoms with E-state index in [1.165, 1.54) is 34.0 Å². The zero-order chi connectivity index (χ0) is 15.9. The van der Waals surface area contributed by atoms with Gasteiger partial charge in [0, 0.05) is 39.1 Å². The number of nitrogens with zero attached hydrogens (tertiary/aromatic N) is 4. The van der Waals surface area contributed by atoms with Gasteiger partial charge in [-0.2, -0.15) is 17.0 Å². The van der Waals surface area contributed by atoms with Gasteiger partial charge in [0.25, 0.3) is 16.1 Å². The summed E-state index contributed by atoms with van der Waals surface area (Å²) < 4.78 is 33.1. The van der Waals surface area contributed by atoms with Gasteiger partial charge < -0.3 is 9.64 Å². The van der Waals surface area contributed by atoms with Crippen molar-refractivity contribution in [2.45, 2.75) is 12.1 Å². The highest BCUT2D eigenvalue weighted by Crippen LogP contribution is 2.27. The van der Waals surface area contributed by atoms with Gasteiger partial charge in [-0.3, -0.25) is 4.79 Å². The highest BCUT2D eigenvalue weighted by atomic mass is 32.2. The van der Waals surface area contributed by atoms with Crippen LogP contribution in [0.2, 0.25) is 0 Å². The summed E-state index contributed by atoms with van der Waals surface area (Å²) in [5.74, 6) is -0.179. The first-order chi connectivity index (χ1) is 10.4. The monoisotopic (exact) mass is 346 g/mol. The second-order valence-corrected chi connectivity index (χ2v) is 8.27. The Morgan fingerprint density at radius 1 is 1.45 bits per heavy atom. The molecule has 0 aromatic carbocycles. The topological polar surface area (TPSA) is 83.1 Å². The van der Waals surface area contributed by atoms with Crippen LogP contribution in [0.15, 0.2) is 10.9 Å². The van der Waals surface area contributed by atoms with Crippen molar-refractivity contribution in [2.24, 2.45) is 0 Å². The number of amides is 1. The molecule has 0 aliphatic carbocycles. The smallest absolute Gasteiger partial charge is 0.281 e. The van der Waals surface area contributed by atoms with Crippen LogP contribution in [0, 0.1) is 0 Å². The number of aromatic nitrogens is 1. The zero-order valence-corrected chi connectivity index (χ0v) is 14.0. The molecule has 0 radical (unpaired) electrons. The van der Waals surface area contributed by atoms with E-state index in [-0.39, 0.29) is 18.1 Å². The lowest BCUT2D eigenvalue weighted by atomic mass is 10.2. The minimum Gasteiger partial charge on any atom is -0.373 e. The maximum Gasteiger partial charge on any atom is 0.281 e. The Morgan fingerprint density at radius 3 is 2.86 bits per heavy atom. The summed E-state index contributed by atoms with van der Waals surface area (Å²) in [4.78, 5) is 18.0. The third-order valence-corrected chi connectivity index (χ3v) is 6.50. The van der Waals surface area contributed by atoms with Gasteiger partial charge in [0.2, 0.25) is 0 Å². The molecule has 3 heterocycles. The van der Waals surface area contributed by atoms with Crippen LogP contribution < -0.4 is 0 Å². The SMILES string of the molecule is CN(C)S(=O)(=O)N1CCO[C@@H]2CN(C(=O)c3cscn3)C[C@@H]21. The number of carbonyl (C=O) groups excluding carboxylic acids is 1. The Hall–Kier alpha value is -1.07. The summed E-state index contributed by atoms with van der Waals surface area (Å²) in [6.07, 6.45) is -0.286. The Morgan fingerprint density at radius 2 is 2.23 bits per heavy atom.